The van der Waals surface area contributed by atoms with E-state index in [0.717, 1.165) is 0 Å². The van der Waals surface area contributed by atoms with Gasteiger partial charge in [-0.3, -0.25) is 4.79 Å². The Morgan fingerprint density at radius 2 is 1.89 bits per heavy atom. The van der Waals surface area contributed by atoms with Gasteiger partial charge in [0.1, 0.15) is 0 Å². The molecule has 0 spiro atoms. The molecule has 0 saturated heterocycles. The molecule has 0 unspecified atom stereocenters. The molecule has 18 heavy (non-hydrogen) atoms. The van der Waals surface area contributed by atoms with E-state index in [1.807, 2.05) is 0 Å². The van der Waals surface area contributed by atoms with Crippen LogP contribution < -0.4 is 5.32 Å². The van der Waals surface area contributed by atoms with E-state index in [1.165, 1.54) is 6.08 Å². The predicted octanol–water partition coefficient (Wildman–Crippen LogP) is 3.00. The highest BCUT2D eigenvalue weighted by Gasteiger charge is 2.28. The highest BCUT2D eigenvalue weighted by molar-refractivity contribution is 6.37. The molecule has 0 aliphatic carbocycles. The van der Waals surface area contributed by atoms with Crippen molar-refractivity contribution in [2.45, 2.75) is 0 Å². The second-order valence-electron chi connectivity index (χ2n) is 3.44. The number of halogens is 2. The standard InChI is InChI=1S/C11H6Cl2N2O3/c12-6-2-1-3-7(13)5(6)4-8-10(16)9(15-18)11(17)14-8/h1-4,16H,(H,14,17)/b8-4+. The van der Waals surface area contributed by atoms with Crippen molar-refractivity contribution in [2.24, 2.45) is 5.18 Å². The molecule has 92 valence electrons. The lowest BCUT2D eigenvalue weighted by molar-refractivity contribution is -0.116. The molecule has 2 rings (SSSR count). The minimum atomic E-state index is -0.767. The lowest BCUT2D eigenvalue weighted by Crippen LogP contribution is -2.15. The van der Waals surface area contributed by atoms with Gasteiger partial charge in [0.05, 0.1) is 5.70 Å². The normalized spacial score (nSPS) is 17.2. The number of nitrogens with zero attached hydrogens (tertiary/aromatic N) is 1. The van der Waals surface area contributed by atoms with Crippen LogP contribution in [0.15, 0.2) is 40.5 Å². The molecule has 0 saturated carbocycles. The van der Waals surface area contributed by atoms with Gasteiger partial charge in [-0.05, 0) is 23.4 Å². The van der Waals surface area contributed by atoms with Gasteiger partial charge in [0.25, 0.3) is 5.91 Å². The van der Waals surface area contributed by atoms with Crippen LogP contribution in [0.2, 0.25) is 10.0 Å². The number of amides is 1. The number of hydrogen-bond donors (Lipinski definition) is 2. The molecule has 0 fully saturated rings. The zero-order valence-corrected chi connectivity index (χ0v) is 10.3. The topological polar surface area (TPSA) is 78.8 Å². The maximum atomic E-state index is 11.3. The fourth-order valence-electron chi connectivity index (χ4n) is 1.46. The lowest BCUT2D eigenvalue weighted by Gasteiger charge is -2.03. The van der Waals surface area contributed by atoms with Crippen LogP contribution in [0, 0.1) is 4.91 Å². The average Bonchev–Trinajstić information content (AvgIpc) is 2.59. The Labute approximate surface area is 112 Å². The predicted molar refractivity (Wildman–Crippen MR) is 68.0 cm³/mol. The highest BCUT2D eigenvalue weighted by Crippen LogP contribution is 2.29. The van der Waals surface area contributed by atoms with Gasteiger partial charge in [0.2, 0.25) is 5.70 Å². The Bertz CT molecular complexity index is 588. The summed E-state index contributed by atoms with van der Waals surface area (Å²) in [4.78, 5) is 21.6. The van der Waals surface area contributed by atoms with Gasteiger partial charge < -0.3 is 10.4 Å². The summed E-state index contributed by atoms with van der Waals surface area (Å²) in [5.74, 6) is -1.29. The van der Waals surface area contributed by atoms with E-state index in [2.05, 4.69) is 10.5 Å². The summed E-state index contributed by atoms with van der Waals surface area (Å²) in [7, 11) is 0. The molecule has 0 bridgehead atoms. The first kappa shape index (κ1) is 12.6. The molecular formula is C11H6Cl2N2O3. The van der Waals surface area contributed by atoms with Gasteiger partial charge in [0, 0.05) is 15.6 Å². The number of hydrogen-bond acceptors (Lipinski definition) is 4. The number of nitrogens with one attached hydrogen (secondary N) is 1. The van der Waals surface area contributed by atoms with Crippen LogP contribution in [-0.2, 0) is 4.79 Å². The largest absolute Gasteiger partial charge is 0.504 e. The summed E-state index contributed by atoms with van der Waals surface area (Å²) < 4.78 is 0. The van der Waals surface area contributed by atoms with Crippen molar-refractivity contribution in [2.75, 3.05) is 0 Å². The van der Waals surface area contributed by atoms with Crippen molar-refractivity contribution in [3.63, 3.8) is 0 Å². The fourth-order valence-corrected chi connectivity index (χ4v) is 1.96. The van der Waals surface area contributed by atoms with Gasteiger partial charge in [-0.15, -0.1) is 4.91 Å². The van der Waals surface area contributed by atoms with Gasteiger partial charge in [0.15, 0.2) is 5.76 Å². The Kier molecular flexibility index (Phi) is 3.36. The van der Waals surface area contributed by atoms with Crippen LogP contribution in [-0.4, -0.2) is 11.0 Å². The Balaban J connectivity index is 2.51. The molecular weight excluding hydrogens is 279 g/mol. The van der Waals surface area contributed by atoms with Gasteiger partial charge in [-0.25, -0.2) is 0 Å². The molecule has 1 aromatic carbocycles. The molecule has 1 heterocycles. The molecule has 1 aliphatic rings. The molecule has 0 aromatic heterocycles. The second kappa shape index (κ2) is 4.80. The zero-order valence-electron chi connectivity index (χ0n) is 8.78. The first-order valence-electron chi connectivity index (χ1n) is 4.78. The number of nitroso groups, excluding NO2 is 1. The molecule has 7 heteroatoms. The molecule has 0 radical (unpaired) electrons. The van der Waals surface area contributed by atoms with E-state index < -0.39 is 17.4 Å². The van der Waals surface area contributed by atoms with Crippen LogP contribution in [0.4, 0.5) is 0 Å². The number of aliphatic hydroxyl groups is 1. The SMILES string of the molecule is O=NC1=C(O)/C(=C\c2c(Cl)cccc2Cl)NC1=O. The van der Waals surface area contributed by atoms with E-state index in [0.29, 0.717) is 15.6 Å². The molecule has 1 amide bonds. The van der Waals surface area contributed by atoms with Gasteiger partial charge in [-0.1, -0.05) is 29.3 Å². The Morgan fingerprint density at radius 3 is 2.39 bits per heavy atom. The summed E-state index contributed by atoms with van der Waals surface area (Å²) in [6.07, 6.45) is 1.37. The smallest absolute Gasteiger partial charge is 0.281 e. The van der Waals surface area contributed by atoms with E-state index in [9.17, 15) is 14.8 Å². The van der Waals surface area contributed by atoms with Crippen molar-refractivity contribution < 1.29 is 9.90 Å². The molecule has 2 N–H and O–H groups in total. The van der Waals surface area contributed by atoms with Gasteiger partial charge in [-0.2, -0.15) is 0 Å². The molecule has 1 aromatic rings. The minimum absolute atomic E-state index is 0.0320. The molecule has 0 atom stereocenters. The summed E-state index contributed by atoms with van der Waals surface area (Å²) in [5.41, 5.74) is -0.108. The quantitative estimate of drug-likeness (QED) is 0.820. The zero-order chi connectivity index (χ0) is 13.3. The number of benzene rings is 1. The monoisotopic (exact) mass is 284 g/mol. The lowest BCUT2D eigenvalue weighted by atomic mass is 10.2. The van der Waals surface area contributed by atoms with Crippen LogP contribution in [0.25, 0.3) is 6.08 Å². The number of aliphatic hydroxyl groups excluding tert-OH is 1. The van der Waals surface area contributed by atoms with Crippen molar-refractivity contribution in [3.05, 3.63) is 55.9 Å². The number of carbonyl (C=O) groups is 1. The molecule has 5 nitrogen and oxygen atoms in total. The third-order valence-electron chi connectivity index (χ3n) is 2.32. The second-order valence-corrected chi connectivity index (χ2v) is 4.25. The first-order chi connectivity index (χ1) is 8.54. The van der Waals surface area contributed by atoms with Crippen LogP contribution >= 0.6 is 23.2 Å². The summed E-state index contributed by atoms with van der Waals surface area (Å²) in [6.45, 7) is 0. The van der Waals surface area contributed by atoms with Crippen molar-refractivity contribution in [1.82, 2.24) is 5.32 Å². The van der Waals surface area contributed by atoms with E-state index in [4.69, 9.17) is 23.2 Å². The van der Waals surface area contributed by atoms with Crippen LogP contribution in [0.1, 0.15) is 5.56 Å². The maximum Gasteiger partial charge on any atom is 0.281 e. The Hall–Kier alpha value is -1.85. The van der Waals surface area contributed by atoms with Crippen molar-refractivity contribution in [1.29, 1.82) is 0 Å². The number of carbonyl (C=O) groups excluding carboxylic acids is 1. The minimum Gasteiger partial charge on any atom is -0.504 e. The average molecular weight is 285 g/mol. The third kappa shape index (κ3) is 2.10. The summed E-state index contributed by atoms with van der Waals surface area (Å²) in [6, 6.07) is 4.88. The van der Waals surface area contributed by atoms with E-state index in [-0.39, 0.29) is 5.70 Å². The van der Waals surface area contributed by atoms with E-state index >= 15 is 0 Å². The molecule has 1 aliphatic heterocycles. The fraction of sp³-hybridized carbons (Fsp3) is 0. The van der Waals surface area contributed by atoms with Crippen LogP contribution in [0.5, 0.6) is 0 Å². The van der Waals surface area contributed by atoms with E-state index in [1.54, 1.807) is 18.2 Å². The summed E-state index contributed by atoms with van der Waals surface area (Å²) >= 11 is 11.9. The summed E-state index contributed by atoms with van der Waals surface area (Å²) in [5, 5.41) is 15.1. The highest BCUT2D eigenvalue weighted by atomic mass is 35.5. The number of rotatable bonds is 2. The van der Waals surface area contributed by atoms with Crippen molar-refractivity contribution in [3.8, 4) is 0 Å². The Morgan fingerprint density at radius 1 is 1.28 bits per heavy atom. The first-order valence-corrected chi connectivity index (χ1v) is 5.54. The van der Waals surface area contributed by atoms with Crippen LogP contribution in [0.3, 0.4) is 0 Å². The third-order valence-corrected chi connectivity index (χ3v) is 2.98. The van der Waals surface area contributed by atoms with Crippen molar-refractivity contribution >= 4 is 35.2 Å². The van der Waals surface area contributed by atoms with Gasteiger partial charge >= 0.3 is 0 Å². The maximum absolute atomic E-state index is 11.3.